The van der Waals surface area contributed by atoms with E-state index in [1.54, 1.807) is 36.4 Å². The zero-order valence-electron chi connectivity index (χ0n) is 17.8. The third-order valence-electron chi connectivity index (χ3n) is 5.29. The molecule has 1 atom stereocenters. The summed E-state index contributed by atoms with van der Waals surface area (Å²) in [6.07, 6.45) is 1.01. The highest BCUT2D eigenvalue weighted by Crippen LogP contribution is 2.37. The van der Waals surface area contributed by atoms with Gasteiger partial charge in [-0.1, -0.05) is 43.3 Å². The lowest BCUT2D eigenvalue weighted by atomic mass is 9.98. The highest BCUT2D eigenvalue weighted by molar-refractivity contribution is 7.92. The molecule has 0 bridgehead atoms. The maximum atomic E-state index is 12.9. The zero-order chi connectivity index (χ0) is 22.1. The second-order valence-electron chi connectivity index (χ2n) is 8.46. The molecule has 1 aliphatic rings. The summed E-state index contributed by atoms with van der Waals surface area (Å²) in [4.78, 5) is 11.3. The number of anilines is 2. The minimum absolute atomic E-state index is 0.0878. The van der Waals surface area contributed by atoms with E-state index in [1.165, 1.54) is 12.1 Å². The first-order valence-electron chi connectivity index (χ1n) is 10.2. The molecule has 0 spiro atoms. The molecular formula is C23H26N4O3S. The molecule has 8 heteroatoms. The fraction of sp³-hybridized carbons (Fsp3) is 0.304. The van der Waals surface area contributed by atoms with E-state index >= 15 is 0 Å². The Kier molecular flexibility index (Phi) is 5.58. The van der Waals surface area contributed by atoms with Crippen molar-refractivity contribution in [2.24, 2.45) is 5.92 Å². The summed E-state index contributed by atoms with van der Waals surface area (Å²) in [5.74, 6) is 1.86. The molecule has 2 aromatic carbocycles. The van der Waals surface area contributed by atoms with Crippen LogP contribution in [0.5, 0.6) is 11.8 Å². The van der Waals surface area contributed by atoms with Gasteiger partial charge >= 0.3 is 6.01 Å². The average molecular weight is 439 g/mol. The van der Waals surface area contributed by atoms with Gasteiger partial charge in [-0.15, -0.1) is 0 Å². The highest BCUT2D eigenvalue weighted by Gasteiger charge is 2.37. The zero-order valence-corrected chi connectivity index (χ0v) is 18.6. The van der Waals surface area contributed by atoms with E-state index in [2.05, 4.69) is 40.4 Å². The molecule has 4 rings (SSSR count). The van der Waals surface area contributed by atoms with Crippen LogP contribution in [0.15, 0.2) is 71.6 Å². The quantitative estimate of drug-likeness (QED) is 0.601. The Bertz CT molecular complexity index is 1150. The summed E-state index contributed by atoms with van der Waals surface area (Å²) < 4.78 is 34.1. The minimum atomic E-state index is -3.80. The maximum absolute atomic E-state index is 12.9. The van der Waals surface area contributed by atoms with Gasteiger partial charge in [-0.25, -0.2) is 8.42 Å². The van der Waals surface area contributed by atoms with Crippen LogP contribution in [0.3, 0.4) is 0 Å². The lowest BCUT2D eigenvalue weighted by molar-refractivity contribution is 0.439. The van der Waals surface area contributed by atoms with Gasteiger partial charge in [0.15, 0.2) is 0 Å². The van der Waals surface area contributed by atoms with Gasteiger partial charge in [-0.2, -0.15) is 9.97 Å². The van der Waals surface area contributed by atoms with Crippen LogP contribution in [0.1, 0.15) is 27.2 Å². The first-order valence-corrected chi connectivity index (χ1v) is 11.7. The number of benzene rings is 2. The number of sulfonamides is 1. The molecule has 0 amide bonds. The van der Waals surface area contributed by atoms with E-state index < -0.39 is 10.0 Å². The molecule has 1 fully saturated rings. The Morgan fingerprint density at radius 1 is 1.03 bits per heavy atom. The number of para-hydroxylation sites is 1. The molecule has 0 aliphatic carbocycles. The standard InChI is InChI=1S/C23H26N4O3S/c1-17-15-23(2,3)27(16-17)21-14-20(26-31(28,29)19-12-8-5-9-13-19)24-22(25-21)30-18-10-6-4-7-11-18/h4-14,17H,15-16H2,1-3H3,(H,24,25,26). The molecular weight excluding hydrogens is 412 g/mol. The smallest absolute Gasteiger partial charge is 0.325 e. The van der Waals surface area contributed by atoms with Crippen molar-refractivity contribution < 1.29 is 13.2 Å². The van der Waals surface area contributed by atoms with Gasteiger partial charge in [0.05, 0.1) is 4.90 Å². The number of rotatable bonds is 6. The number of nitrogens with one attached hydrogen (secondary N) is 1. The van der Waals surface area contributed by atoms with Crippen LogP contribution in [-0.4, -0.2) is 30.5 Å². The third kappa shape index (κ3) is 4.80. The molecule has 0 radical (unpaired) electrons. The number of hydrogen-bond acceptors (Lipinski definition) is 6. The van der Waals surface area contributed by atoms with Crippen LogP contribution < -0.4 is 14.4 Å². The van der Waals surface area contributed by atoms with Crippen LogP contribution in [0.2, 0.25) is 0 Å². The Labute approximate surface area is 183 Å². The SMILES string of the molecule is CC1CN(c2cc(NS(=O)(=O)c3ccccc3)nc(Oc3ccccc3)n2)C(C)(C)C1. The Morgan fingerprint density at radius 2 is 1.68 bits per heavy atom. The van der Waals surface area contributed by atoms with Crippen molar-refractivity contribution in [1.82, 2.24) is 9.97 Å². The van der Waals surface area contributed by atoms with Crippen LogP contribution in [-0.2, 0) is 10.0 Å². The topological polar surface area (TPSA) is 84.4 Å². The largest absolute Gasteiger partial charge is 0.424 e. The van der Waals surface area contributed by atoms with Gasteiger partial charge in [0, 0.05) is 18.2 Å². The number of hydrogen-bond donors (Lipinski definition) is 1. The van der Waals surface area contributed by atoms with Crippen molar-refractivity contribution in [1.29, 1.82) is 0 Å². The van der Waals surface area contributed by atoms with Crippen LogP contribution in [0.25, 0.3) is 0 Å². The van der Waals surface area contributed by atoms with Crippen molar-refractivity contribution >= 4 is 21.7 Å². The maximum Gasteiger partial charge on any atom is 0.325 e. The van der Waals surface area contributed by atoms with Gasteiger partial charge in [0.25, 0.3) is 10.0 Å². The molecule has 1 unspecified atom stereocenters. The monoisotopic (exact) mass is 438 g/mol. The minimum Gasteiger partial charge on any atom is -0.424 e. The molecule has 1 saturated heterocycles. The first kappa shape index (κ1) is 21.1. The van der Waals surface area contributed by atoms with E-state index in [0.29, 0.717) is 17.5 Å². The van der Waals surface area contributed by atoms with Crippen molar-refractivity contribution in [2.45, 2.75) is 37.6 Å². The van der Waals surface area contributed by atoms with Crippen LogP contribution >= 0.6 is 0 Å². The summed E-state index contributed by atoms with van der Waals surface area (Å²) in [6, 6.07) is 19.1. The van der Waals surface area contributed by atoms with Crippen molar-refractivity contribution in [3.8, 4) is 11.8 Å². The van der Waals surface area contributed by atoms with Crippen LogP contribution in [0, 0.1) is 5.92 Å². The summed E-state index contributed by atoms with van der Waals surface area (Å²) >= 11 is 0. The molecule has 0 saturated carbocycles. The predicted octanol–water partition coefficient (Wildman–Crippen LogP) is 4.69. The molecule has 1 aliphatic heterocycles. The molecule has 1 aromatic heterocycles. The van der Waals surface area contributed by atoms with Crippen LogP contribution in [0.4, 0.5) is 11.6 Å². The average Bonchev–Trinajstić information content (AvgIpc) is 3.01. The second kappa shape index (κ2) is 8.19. The third-order valence-corrected chi connectivity index (χ3v) is 6.66. The van der Waals surface area contributed by atoms with Gasteiger partial charge < -0.3 is 9.64 Å². The number of ether oxygens (including phenoxy) is 1. The molecule has 162 valence electrons. The first-order chi connectivity index (χ1) is 14.7. The normalized spacial score (nSPS) is 18.0. The van der Waals surface area contributed by atoms with Gasteiger partial charge in [0.2, 0.25) is 0 Å². The fourth-order valence-electron chi connectivity index (χ4n) is 4.03. The number of aromatic nitrogens is 2. The van der Waals surface area contributed by atoms with Gasteiger partial charge in [-0.05, 0) is 50.5 Å². The highest BCUT2D eigenvalue weighted by atomic mass is 32.2. The lowest BCUT2D eigenvalue weighted by Crippen LogP contribution is -2.38. The number of nitrogens with zero attached hydrogens (tertiary/aromatic N) is 3. The summed E-state index contributed by atoms with van der Waals surface area (Å²) in [6.45, 7) is 7.33. The Morgan fingerprint density at radius 3 is 2.29 bits per heavy atom. The Balaban J connectivity index is 1.73. The van der Waals surface area contributed by atoms with E-state index in [4.69, 9.17) is 4.74 Å². The summed E-state index contributed by atoms with van der Waals surface area (Å²) in [5.41, 5.74) is -0.118. The molecule has 2 heterocycles. The summed E-state index contributed by atoms with van der Waals surface area (Å²) in [7, 11) is -3.80. The second-order valence-corrected chi connectivity index (χ2v) is 10.1. The molecule has 31 heavy (non-hydrogen) atoms. The van der Waals surface area contributed by atoms with Crippen molar-refractivity contribution in [3.05, 3.63) is 66.7 Å². The predicted molar refractivity (Wildman–Crippen MR) is 121 cm³/mol. The fourth-order valence-corrected chi connectivity index (χ4v) is 5.04. The van der Waals surface area contributed by atoms with Crippen molar-refractivity contribution in [2.75, 3.05) is 16.2 Å². The van der Waals surface area contributed by atoms with E-state index in [9.17, 15) is 8.42 Å². The van der Waals surface area contributed by atoms with E-state index in [-0.39, 0.29) is 22.3 Å². The summed E-state index contributed by atoms with van der Waals surface area (Å²) in [5, 5.41) is 0. The molecule has 7 nitrogen and oxygen atoms in total. The van der Waals surface area contributed by atoms with E-state index in [0.717, 1.165) is 13.0 Å². The lowest BCUT2D eigenvalue weighted by Gasteiger charge is -2.32. The molecule has 1 N–H and O–H groups in total. The molecule has 3 aromatic rings. The van der Waals surface area contributed by atoms with Gasteiger partial charge in [0.1, 0.15) is 17.4 Å². The Hall–Kier alpha value is -3.13. The van der Waals surface area contributed by atoms with Gasteiger partial charge in [-0.3, -0.25) is 4.72 Å². The van der Waals surface area contributed by atoms with Crippen molar-refractivity contribution in [3.63, 3.8) is 0 Å². The van der Waals surface area contributed by atoms with E-state index in [1.807, 2.05) is 18.2 Å².